The zero-order valence-electron chi connectivity index (χ0n) is 29.1. The van der Waals surface area contributed by atoms with Gasteiger partial charge < -0.3 is 14.4 Å². The summed E-state index contributed by atoms with van der Waals surface area (Å²) < 4.78 is 12.8. The van der Waals surface area contributed by atoms with Crippen LogP contribution in [0, 0.1) is 5.92 Å². The Morgan fingerprint density at radius 3 is 2.29 bits per heavy atom. The Balaban J connectivity index is 1.16. The minimum atomic E-state index is -0.366. The van der Waals surface area contributed by atoms with Crippen molar-refractivity contribution in [3.63, 3.8) is 0 Å². The predicted molar refractivity (Wildman–Crippen MR) is 190 cm³/mol. The Morgan fingerprint density at radius 2 is 1.59 bits per heavy atom. The second kappa shape index (κ2) is 14.5. The van der Waals surface area contributed by atoms with Crippen LogP contribution in [0.5, 0.6) is 11.5 Å². The predicted octanol–water partition coefficient (Wildman–Crippen LogP) is 6.87. The van der Waals surface area contributed by atoms with Gasteiger partial charge in [0.2, 0.25) is 5.91 Å². The summed E-state index contributed by atoms with van der Waals surface area (Å²) in [4.78, 5) is 43.5. The summed E-state index contributed by atoms with van der Waals surface area (Å²) in [6.07, 6.45) is 9.64. The zero-order valence-corrected chi connectivity index (χ0v) is 29.1. The van der Waals surface area contributed by atoms with E-state index in [1.54, 1.807) is 6.92 Å². The first-order valence-corrected chi connectivity index (χ1v) is 18.5. The van der Waals surface area contributed by atoms with E-state index in [4.69, 9.17) is 9.47 Å². The summed E-state index contributed by atoms with van der Waals surface area (Å²) in [6.45, 7) is 5.08. The Labute approximate surface area is 291 Å². The molecule has 5 atom stereocenters. The number of unbranched alkanes of at least 4 members (excludes halogenated alkanes) is 2. The lowest BCUT2D eigenvalue weighted by atomic mass is 9.51. The number of aryl methyl sites for hydroxylation is 2. The van der Waals surface area contributed by atoms with Gasteiger partial charge in [0, 0.05) is 36.9 Å². The number of hydrogen-bond acceptors (Lipinski definition) is 6. The van der Waals surface area contributed by atoms with E-state index < -0.39 is 0 Å². The molecule has 49 heavy (non-hydrogen) atoms. The van der Waals surface area contributed by atoms with Gasteiger partial charge in [0.1, 0.15) is 11.9 Å². The SMILES string of the molecule is CC(=O)CN1CC[C@]23c4c5ccc(OC(C)=O)c4O[C@H]2[C@@H](N(CCCc2ccccc2)C(=O)CCCCCc2ccccc2)CC[C@H]3[C@H]1C5. The van der Waals surface area contributed by atoms with Crippen molar-refractivity contribution in [1.29, 1.82) is 0 Å². The lowest BCUT2D eigenvalue weighted by molar-refractivity contribution is -0.143. The third-order valence-electron chi connectivity index (χ3n) is 11.7. The van der Waals surface area contributed by atoms with Crippen molar-refractivity contribution < 1.29 is 23.9 Å². The fraction of sp³-hybridized carbons (Fsp3) is 0.500. The van der Waals surface area contributed by atoms with Crippen LogP contribution in [0.15, 0.2) is 72.8 Å². The molecule has 1 saturated heterocycles. The highest BCUT2D eigenvalue weighted by molar-refractivity contribution is 5.78. The van der Waals surface area contributed by atoms with E-state index in [9.17, 15) is 14.4 Å². The largest absolute Gasteiger partial charge is 0.483 e. The van der Waals surface area contributed by atoms with Crippen LogP contribution in [-0.4, -0.2) is 65.3 Å². The average Bonchev–Trinajstić information content (AvgIpc) is 3.45. The number of carbonyl (C=O) groups excluding carboxylic acids is 3. The number of rotatable bonds is 14. The average molecular weight is 663 g/mol. The molecule has 258 valence electrons. The second-order valence-corrected chi connectivity index (χ2v) is 14.8. The number of ether oxygens (including phenoxy) is 2. The van der Waals surface area contributed by atoms with Crippen LogP contribution in [0.25, 0.3) is 0 Å². The van der Waals surface area contributed by atoms with E-state index in [1.807, 2.05) is 12.1 Å². The number of esters is 1. The maximum Gasteiger partial charge on any atom is 0.308 e. The first-order valence-electron chi connectivity index (χ1n) is 18.5. The van der Waals surface area contributed by atoms with Crippen LogP contribution in [0.1, 0.15) is 87.5 Å². The van der Waals surface area contributed by atoms with Crippen molar-refractivity contribution in [2.75, 3.05) is 19.6 Å². The van der Waals surface area contributed by atoms with Gasteiger partial charge in [0.25, 0.3) is 0 Å². The lowest BCUT2D eigenvalue weighted by Gasteiger charge is -2.60. The van der Waals surface area contributed by atoms with E-state index >= 15 is 0 Å². The molecule has 3 aromatic carbocycles. The quantitative estimate of drug-likeness (QED) is 0.107. The van der Waals surface area contributed by atoms with Gasteiger partial charge in [-0.05, 0) is 99.9 Å². The lowest BCUT2D eigenvalue weighted by Crippen LogP contribution is -2.69. The number of carbonyl (C=O) groups is 3. The van der Waals surface area contributed by atoms with E-state index in [0.717, 1.165) is 70.8 Å². The van der Waals surface area contributed by atoms with Crippen molar-refractivity contribution in [3.8, 4) is 11.5 Å². The molecule has 0 N–H and O–H groups in total. The number of nitrogens with zero attached hydrogens (tertiary/aromatic N) is 2. The molecular weight excluding hydrogens is 612 g/mol. The Hall–Kier alpha value is -3.97. The van der Waals surface area contributed by atoms with Crippen molar-refractivity contribution in [2.24, 2.45) is 5.92 Å². The topological polar surface area (TPSA) is 76.2 Å². The number of benzene rings is 3. The van der Waals surface area contributed by atoms with Gasteiger partial charge in [-0.2, -0.15) is 0 Å². The summed E-state index contributed by atoms with van der Waals surface area (Å²) in [5, 5.41) is 0. The highest BCUT2D eigenvalue weighted by Gasteiger charge is 2.66. The minimum Gasteiger partial charge on any atom is -0.483 e. The number of Topliss-reactive ketones (excluding diaryl/α,β-unsaturated/α-hetero) is 1. The van der Waals surface area contributed by atoms with E-state index in [0.29, 0.717) is 36.9 Å². The number of hydrogen-bond donors (Lipinski definition) is 0. The van der Waals surface area contributed by atoms with Crippen molar-refractivity contribution in [2.45, 2.75) is 108 Å². The Bertz CT molecular complexity index is 1660. The van der Waals surface area contributed by atoms with Crippen molar-refractivity contribution in [3.05, 3.63) is 95.1 Å². The molecule has 7 nitrogen and oxygen atoms in total. The first kappa shape index (κ1) is 33.5. The molecule has 4 aliphatic rings. The minimum absolute atomic E-state index is 0.0765. The van der Waals surface area contributed by atoms with Gasteiger partial charge in [0.05, 0.1) is 12.6 Å². The van der Waals surface area contributed by atoms with E-state index in [2.05, 4.69) is 70.5 Å². The normalized spacial score (nSPS) is 24.9. The van der Waals surface area contributed by atoms with Crippen LogP contribution in [0.4, 0.5) is 0 Å². The molecule has 0 unspecified atom stereocenters. The van der Waals surface area contributed by atoms with Crippen LogP contribution in [0.2, 0.25) is 0 Å². The van der Waals surface area contributed by atoms with Crippen molar-refractivity contribution in [1.82, 2.24) is 9.80 Å². The highest BCUT2D eigenvalue weighted by Crippen LogP contribution is 2.64. The van der Waals surface area contributed by atoms with Crippen LogP contribution >= 0.6 is 0 Å². The maximum atomic E-state index is 14.4. The van der Waals surface area contributed by atoms with Gasteiger partial charge in [-0.3, -0.25) is 19.3 Å². The van der Waals surface area contributed by atoms with Crippen LogP contribution in [-0.2, 0) is 39.1 Å². The third kappa shape index (κ3) is 6.66. The molecule has 7 rings (SSSR count). The van der Waals surface area contributed by atoms with Gasteiger partial charge in [-0.25, -0.2) is 0 Å². The number of piperidine rings is 1. The number of likely N-dealkylation sites (tertiary alicyclic amines) is 1. The molecule has 7 heteroatoms. The standard InChI is InChI=1S/C42H50N2O5/c1-29(45)28-43-26-24-42-34-21-22-35(41(42)49-40-37(48-30(2)46)23-20-33(39(40)42)27-36(34)43)44(25-12-18-32-16-8-4-9-17-32)38(47)19-11-5-10-15-31-13-6-3-7-14-31/h3-4,6-9,13-14,16-17,20,23,34-36,41H,5,10-12,15,18-19,21-22,24-28H2,1-2H3/t34-,35-,36+,41-,42-/m0/s1. The molecule has 1 spiro atoms. The van der Waals surface area contributed by atoms with Gasteiger partial charge >= 0.3 is 5.97 Å². The molecule has 1 saturated carbocycles. The monoisotopic (exact) mass is 662 g/mol. The van der Waals surface area contributed by atoms with Gasteiger partial charge in [0.15, 0.2) is 11.5 Å². The van der Waals surface area contributed by atoms with Crippen molar-refractivity contribution >= 4 is 17.7 Å². The molecule has 2 bridgehead atoms. The third-order valence-corrected chi connectivity index (χ3v) is 11.7. The van der Waals surface area contributed by atoms with Crippen LogP contribution < -0.4 is 9.47 Å². The fourth-order valence-electron chi connectivity index (χ4n) is 9.77. The molecule has 2 fully saturated rings. The molecule has 0 radical (unpaired) electrons. The molecule has 3 aromatic rings. The number of amides is 1. The smallest absolute Gasteiger partial charge is 0.308 e. The van der Waals surface area contributed by atoms with Crippen LogP contribution in [0.3, 0.4) is 0 Å². The maximum absolute atomic E-state index is 14.4. The van der Waals surface area contributed by atoms with E-state index in [-0.39, 0.29) is 41.3 Å². The summed E-state index contributed by atoms with van der Waals surface area (Å²) >= 11 is 0. The van der Waals surface area contributed by atoms with Gasteiger partial charge in [-0.1, -0.05) is 73.2 Å². The molecule has 2 aliphatic heterocycles. The summed E-state index contributed by atoms with van der Waals surface area (Å²) in [7, 11) is 0. The second-order valence-electron chi connectivity index (χ2n) is 14.8. The molecule has 1 amide bonds. The van der Waals surface area contributed by atoms with Gasteiger partial charge in [-0.15, -0.1) is 0 Å². The first-order chi connectivity index (χ1) is 23.8. The summed E-state index contributed by atoms with van der Waals surface area (Å²) in [6, 6.07) is 25.2. The summed E-state index contributed by atoms with van der Waals surface area (Å²) in [5.74, 6) is 1.54. The fourth-order valence-corrected chi connectivity index (χ4v) is 9.77. The highest BCUT2D eigenvalue weighted by atomic mass is 16.6. The molecule has 2 aliphatic carbocycles. The van der Waals surface area contributed by atoms with E-state index in [1.165, 1.54) is 29.2 Å². The Morgan fingerprint density at radius 1 is 0.878 bits per heavy atom. The summed E-state index contributed by atoms with van der Waals surface area (Å²) in [5.41, 5.74) is 4.77. The Kier molecular flexibility index (Phi) is 9.91. The zero-order chi connectivity index (χ0) is 34.0. The number of ketones is 1. The molecule has 2 heterocycles. The molecule has 0 aromatic heterocycles. The molecular formula is C42H50N2O5.